The molecular formula is C18H22N6O2. The molecule has 0 amide bonds. The van der Waals surface area contributed by atoms with Gasteiger partial charge >= 0.3 is 0 Å². The van der Waals surface area contributed by atoms with E-state index in [0.29, 0.717) is 11.7 Å². The summed E-state index contributed by atoms with van der Waals surface area (Å²) >= 11 is 0. The lowest BCUT2D eigenvalue weighted by Gasteiger charge is -2.34. The quantitative estimate of drug-likeness (QED) is 0.727. The van der Waals surface area contributed by atoms with Crippen LogP contribution in [0.15, 0.2) is 30.9 Å². The molecule has 0 aliphatic carbocycles. The van der Waals surface area contributed by atoms with Gasteiger partial charge in [0.15, 0.2) is 23.0 Å². The van der Waals surface area contributed by atoms with Crippen LogP contribution in [0.1, 0.15) is 12.8 Å². The van der Waals surface area contributed by atoms with E-state index in [1.165, 1.54) is 0 Å². The Labute approximate surface area is 151 Å². The molecule has 3 heterocycles. The van der Waals surface area contributed by atoms with Crippen molar-refractivity contribution in [3.05, 3.63) is 30.9 Å². The third kappa shape index (κ3) is 3.10. The number of H-pyrrole nitrogens is 1. The van der Waals surface area contributed by atoms with Crippen molar-refractivity contribution in [2.45, 2.75) is 18.9 Å². The van der Waals surface area contributed by atoms with Gasteiger partial charge in [-0.3, -0.25) is 0 Å². The van der Waals surface area contributed by atoms with Gasteiger partial charge < -0.3 is 24.7 Å². The minimum Gasteiger partial charge on any atom is -0.493 e. The number of aromatic amines is 1. The van der Waals surface area contributed by atoms with Crippen LogP contribution in [0.2, 0.25) is 0 Å². The van der Waals surface area contributed by atoms with E-state index in [1.807, 2.05) is 18.2 Å². The zero-order chi connectivity index (χ0) is 17.9. The van der Waals surface area contributed by atoms with Crippen molar-refractivity contribution in [1.29, 1.82) is 0 Å². The number of rotatable bonds is 5. The first-order valence-electron chi connectivity index (χ1n) is 8.66. The van der Waals surface area contributed by atoms with Crippen LogP contribution in [-0.2, 0) is 0 Å². The lowest BCUT2D eigenvalue weighted by Crippen LogP contribution is -2.42. The van der Waals surface area contributed by atoms with Gasteiger partial charge in [-0.25, -0.2) is 15.0 Å². The van der Waals surface area contributed by atoms with Crippen LogP contribution in [0.4, 0.5) is 11.5 Å². The second-order valence-corrected chi connectivity index (χ2v) is 6.30. The number of imidazole rings is 1. The van der Waals surface area contributed by atoms with Crippen LogP contribution in [0.3, 0.4) is 0 Å². The Morgan fingerprint density at radius 1 is 1.15 bits per heavy atom. The minimum atomic E-state index is 0.315. The van der Waals surface area contributed by atoms with Crippen LogP contribution in [-0.4, -0.2) is 53.3 Å². The fourth-order valence-corrected chi connectivity index (χ4v) is 3.44. The van der Waals surface area contributed by atoms with E-state index in [-0.39, 0.29) is 0 Å². The van der Waals surface area contributed by atoms with E-state index in [4.69, 9.17) is 9.47 Å². The molecule has 4 rings (SSSR count). The molecule has 3 aromatic rings. The highest BCUT2D eigenvalue weighted by Crippen LogP contribution is 2.31. The standard InChI is InChI=1S/C18H22N6O2/c1-25-14-6-5-12(8-15(14)26-2)23-13-4-3-7-24(9-13)18-16-17(20-10-19-16)21-11-22-18/h5-6,8,10-11,13,23H,3-4,7,9H2,1-2H3,(H,19,20,21,22)/t13-/m0/s1. The molecule has 136 valence electrons. The van der Waals surface area contributed by atoms with Crippen molar-refractivity contribution >= 4 is 22.7 Å². The number of hydrogen-bond acceptors (Lipinski definition) is 7. The van der Waals surface area contributed by atoms with E-state index in [0.717, 1.165) is 54.5 Å². The molecule has 2 N–H and O–H groups in total. The van der Waals surface area contributed by atoms with Crippen molar-refractivity contribution in [3.63, 3.8) is 0 Å². The third-order valence-corrected chi connectivity index (χ3v) is 4.68. The second kappa shape index (κ2) is 7.07. The molecule has 1 aliphatic rings. The van der Waals surface area contributed by atoms with Gasteiger partial charge in [-0.15, -0.1) is 0 Å². The Morgan fingerprint density at radius 3 is 2.88 bits per heavy atom. The molecule has 1 saturated heterocycles. The Bertz CT molecular complexity index is 896. The summed E-state index contributed by atoms with van der Waals surface area (Å²) in [6.07, 6.45) is 5.42. The fourth-order valence-electron chi connectivity index (χ4n) is 3.44. The summed E-state index contributed by atoms with van der Waals surface area (Å²) in [5, 5.41) is 3.60. The summed E-state index contributed by atoms with van der Waals surface area (Å²) in [6.45, 7) is 1.83. The van der Waals surface area contributed by atoms with Gasteiger partial charge in [0.05, 0.1) is 20.5 Å². The van der Waals surface area contributed by atoms with Crippen molar-refractivity contribution in [3.8, 4) is 11.5 Å². The smallest absolute Gasteiger partial charge is 0.182 e. The molecule has 0 saturated carbocycles. The number of piperidine rings is 1. The predicted octanol–water partition coefficient (Wildman–Crippen LogP) is 2.45. The average molecular weight is 354 g/mol. The molecule has 0 radical (unpaired) electrons. The number of ether oxygens (including phenoxy) is 2. The number of anilines is 2. The molecular weight excluding hydrogens is 332 g/mol. The van der Waals surface area contributed by atoms with E-state index in [9.17, 15) is 0 Å². The van der Waals surface area contributed by atoms with Gasteiger partial charge in [0.2, 0.25) is 0 Å². The molecule has 1 fully saturated rings. The second-order valence-electron chi connectivity index (χ2n) is 6.30. The van der Waals surface area contributed by atoms with Crippen LogP contribution in [0.5, 0.6) is 11.5 Å². The molecule has 1 atom stereocenters. The Hall–Kier alpha value is -3.03. The van der Waals surface area contributed by atoms with E-state index >= 15 is 0 Å². The van der Waals surface area contributed by atoms with Gasteiger partial charge in [-0.1, -0.05) is 0 Å². The first kappa shape index (κ1) is 16.4. The average Bonchev–Trinajstić information content (AvgIpc) is 3.17. The van der Waals surface area contributed by atoms with Crippen molar-refractivity contribution in [2.24, 2.45) is 0 Å². The maximum atomic E-state index is 5.39. The van der Waals surface area contributed by atoms with Gasteiger partial charge in [0.25, 0.3) is 0 Å². The maximum Gasteiger partial charge on any atom is 0.182 e. The van der Waals surface area contributed by atoms with Crippen molar-refractivity contribution < 1.29 is 9.47 Å². The predicted molar refractivity (Wildman–Crippen MR) is 100 cm³/mol. The number of benzene rings is 1. The summed E-state index contributed by atoms with van der Waals surface area (Å²) < 4.78 is 10.7. The summed E-state index contributed by atoms with van der Waals surface area (Å²) in [5.74, 6) is 2.36. The Kier molecular flexibility index (Phi) is 4.47. The first-order chi connectivity index (χ1) is 12.8. The number of nitrogens with zero attached hydrogens (tertiary/aromatic N) is 4. The zero-order valence-electron chi connectivity index (χ0n) is 14.9. The van der Waals surface area contributed by atoms with E-state index < -0.39 is 0 Å². The van der Waals surface area contributed by atoms with Crippen LogP contribution >= 0.6 is 0 Å². The number of aromatic nitrogens is 4. The van der Waals surface area contributed by atoms with Gasteiger partial charge in [0, 0.05) is 30.9 Å². The molecule has 0 spiro atoms. The molecule has 1 aromatic carbocycles. The van der Waals surface area contributed by atoms with Crippen LogP contribution in [0.25, 0.3) is 11.2 Å². The van der Waals surface area contributed by atoms with Crippen molar-refractivity contribution in [2.75, 3.05) is 37.5 Å². The number of hydrogen-bond donors (Lipinski definition) is 2. The molecule has 0 unspecified atom stereocenters. The Morgan fingerprint density at radius 2 is 2.04 bits per heavy atom. The van der Waals surface area contributed by atoms with Gasteiger partial charge in [-0.05, 0) is 25.0 Å². The van der Waals surface area contributed by atoms with Gasteiger partial charge in [-0.2, -0.15) is 0 Å². The normalized spacial score (nSPS) is 17.3. The molecule has 0 bridgehead atoms. The molecule has 2 aromatic heterocycles. The molecule has 1 aliphatic heterocycles. The van der Waals surface area contributed by atoms with Crippen LogP contribution in [0, 0.1) is 0 Å². The summed E-state index contributed by atoms with van der Waals surface area (Å²) in [4.78, 5) is 18.3. The summed E-state index contributed by atoms with van der Waals surface area (Å²) in [7, 11) is 3.29. The highest BCUT2D eigenvalue weighted by Gasteiger charge is 2.23. The highest BCUT2D eigenvalue weighted by molar-refractivity contribution is 5.82. The van der Waals surface area contributed by atoms with Crippen molar-refractivity contribution in [1.82, 2.24) is 19.9 Å². The van der Waals surface area contributed by atoms with E-state index in [1.54, 1.807) is 26.9 Å². The summed E-state index contributed by atoms with van der Waals surface area (Å²) in [5.41, 5.74) is 2.60. The third-order valence-electron chi connectivity index (χ3n) is 4.68. The summed E-state index contributed by atoms with van der Waals surface area (Å²) in [6, 6.07) is 6.21. The SMILES string of the molecule is COc1ccc(N[C@H]2CCCN(c3ncnc4nc[nH]c34)C2)cc1OC. The highest BCUT2D eigenvalue weighted by atomic mass is 16.5. The molecule has 8 heteroatoms. The first-order valence-corrected chi connectivity index (χ1v) is 8.66. The lowest BCUT2D eigenvalue weighted by atomic mass is 10.1. The minimum absolute atomic E-state index is 0.315. The number of fused-ring (bicyclic) bond motifs is 1. The topological polar surface area (TPSA) is 88.2 Å². The van der Waals surface area contributed by atoms with Crippen LogP contribution < -0.4 is 19.7 Å². The number of methoxy groups -OCH3 is 2. The molecule has 26 heavy (non-hydrogen) atoms. The lowest BCUT2D eigenvalue weighted by molar-refractivity contribution is 0.355. The fraction of sp³-hybridized carbons (Fsp3) is 0.389. The Balaban J connectivity index is 1.51. The maximum absolute atomic E-state index is 5.39. The van der Waals surface area contributed by atoms with E-state index in [2.05, 4.69) is 30.2 Å². The molecule has 8 nitrogen and oxygen atoms in total. The largest absolute Gasteiger partial charge is 0.493 e. The monoisotopic (exact) mass is 354 g/mol. The number of nitrogens with one attached hydrogen (secondary N) is 2. The zero-order valence-corrected chi connectivity index (χ0v) is 14.9. The van der Waals surface area contributed by atoms with Gasteiger partial charge in [0.1, 0.15) is 11.8 Å².